The molecule has 0 radical (unpaired) electrons. The van der Waals surface area contributed by atoms with Crippen molar-refractivity contribution in [1.29, 1.82) is 0 Å². The number of thioether (sulfide) groups is 1. The molecule has 1 aliphatic heterocycles. The number of para-hydroxylation sites is 1. The number of halogens is 1. The molecule has 2 heterocycles. The maximum absolute atomic E-state index is 13.0. The fraction of sp³-hybridized carbons (Fsp3) is 0.167. The Morgan fingerprint density at radius 2 is 1.79 bits per heavy atom. The molecule has 1 aliphatic rings. The minimum absolute atomic E-state index is 0.000222. The van der Waals surface area contributed by atoms with Gasteiger partial charge in [0.1, 0.15) is 10.0 Å². The summed E-state index contributed by atoms with van der Waals surface area (Å²) in [6.45, 7) is 1.88. The summed E-state index contributed by atoms with van der Waals surface area (Å²) in [6, 6.07) is 16.3. The zero-order chi connectivity index (χ0) is 24.4. The average Bonchev–Trinajstić information content (AvgIpc) is 3.20. The molecule has 0 aliphatic carbocycles. The van der Waals surface area contributed by atoms with Gasteiger partial charge in [0, 0.05) is 25.0 Å². The second kappa shape index (κ2) is 10.0. The number of nitrogens with one attached hydrogen (secondary N) is 1. The Balaban J connectivity index is 1.44. The smallest absolute Gasteiger partial charge is 0.295 e. The summed E-state index contributed by atoms with van der Waals surface area (Å²) in [5.74, 6) is -0.623. The highest BCUT2D eigenvalue weighted by atomic mass is 35.5. The highest BCUT2D eigenvalue weighted by Crippen LogP contribution is 2.32. The summed E-state index contributed by atoms with van der Waals surface area (Å²) in [6.07, 6.45) is 1.74. The third kappa shape index (κ3) is 4.86. The van der Waals surface area contributed by atoms with Crippen molar-refractivity contribution in [3.8, 4) is 5.69 Å². The lowest BCUT2D eigenvalue weighted by Gasteiger charge is -2.13. The number of benzene rings is 2. The molecule has 34 heavy (non-hydrogen) atoms. The van der Waals surface area contributed by atoms with Crippen LogP contribution in [0.25, 0.3) is 11.8 Å². The minimum Gasteiger partial charge on any atom is -0.320 e. The first-order valence-corrected chi connectivity index (χ1v) is 12.0. The lowest BCUT2D eigenvalue weighted by atomic mass is 10.2. The number of nitrogens with zero attached hydrogens (tertiary/aromatic N) is 3. The molecule has 10 heteroatoms. The normalized spacial score (nSPS) is 14.8. The fourth-order valence-corrected chi connectivity index (χ4v) is 4.97. The first-order chi connectivity index (χ1) is 16.3. The Labute approximate surface area is 211 Å². The molecule has 3 aromatic rings. The Bertz CT molecular complexity index is 1360. The monoisotopic (exact) mass is 512 g/mol. The number of hydrogen-bond donors (Lipinski definition) is 1. The molecule has 4 rings (SSSR count). The average molecular weight is 513 g/mol. The number of carbonyl (C=O) groups is 2. The quantitative estimate of drug-likeness (QED) is 0.392. The van der Waals surface area contributed by atoms with Crippen LogP contribution in [0, 0.1) is 6.92 Å². The van der Waals surface area contributed by atoms with Gasteiger partial charge in [-0.25, -0.2) is 4.68 Å². The van der Waals surface area contributed by atoms with Crippen LogP contribution < -0.4 is 10.9 Å². The molecule has 1 fully saturated rings. The van der Waals surface area contributed by atoms with Crippen LogP contribution in [0.5, 0.6) is 0 Å². The second-order valence-corrected chi connectivity index (χ2v) is 9.73. The molecule has 1 N–H and O–H groups in total. The van der Waals surface area contributed by atoms with Crippen molar-refractivity contribution in [2.45, 2.75) is 13.3 Å². The van der Waals surface area contributed by atoms with E-state index in [2.05, 4.69) is 5.32 Å². The van der Waals surface area contributed by atoms with Crippen LogP contribution in [-0.4, -0.2) is 36.9 Å². The van der Waals surface area contributed by atoms with Gasteiger partial charge in [0.05, 0.1) is 16.3 Å². The maximum atomic E-state index is 13.0. The maximum Gasteiger partial charge on any atom is 0.295 e. The lowest BCUT2D eigenvalue weighted by molar-refractivity contribution is -0.122. The van der Waals surface area contributed by atoms with Crippen LogP contribution in [0.4, 0.5) is 5.69 Å². The molecule has 0 spiro atoms. The van der Waals surface area contributed by atoms with Gasteiger partial charge in [0.15, 0.2) is 0 Å². The summed E-state index contributed by atoms with van der Waals surface area (Å²) in [5.41, 5.74) is 2.04. The van der Waals surface area contributed by atoms with Gasteiger partial charge in [-0.3, -0.25) is 24.0 Å². The molecule has 7 nitrogen and oxygen atoms in total. The van der Waals surface area contributed by atoms with Crippen LogP contribution in [0.2, 0.25) is 5.02 Å². The number of anilines is 1. The van der Waals surface area contributed by atoms with Gasteiger partial charge in [-0.15, -0.1) is 0 Å². The van der Waals surface area contributed by atoms with Gasteiger partial charge in [-0.2, -0.15) is 0 Å². The predicted octanol–water partition coefficient (Wildman–Crippen LogP) is 4.37. The Kier molecular flexibility index (Phi) is 7.06. The largest absolute Gasteiger partial charge is 0.320 e. The summed E-state index contributed by atoms with van der Waals surface area (Å²) in [4.78, 5) is 40.3. The third-order valence-electron chi connectivity index (χ3n) is 5.42. The highest BCUT2D eigenvalue weighted by Gasteiger charge is 2.32. The number of thiocarbonyl (C=S) groups is 1. The Morgan fingerprint density at radius 1 is 1.12 bits per heavy atom. The zero-order valence-electron chi connectivity index (χ0n) is 18.4. The molecule has 1 saturated heterocycles. The molecule has 2 aromatic carbocycles. The van der Waals surface area contributed by atoms with Crippen molar-refractivity contribution in [2.75, 3.05) is 11.9 Å². The molecule has 174 valence electrons. The predicted molar refractivity (Wildman–Crippen MR) is 140 cm³/mol. The fourth-order valence-electron chi connectivity index (χ4n) is 3.53. The number of aromatic nitrogens is 2. The Hall–Kier alpha value is -3.14. The van der Waals surface area contributed by atoms with E-state index >= 15 is 0 Å². The number of rotatable bonds is 6. The van der Waals surface area contributed by atoms with Crippen LogP contribution in [0.3, 0.4) is 0 Å². The van der Waals surface area contributed by atoms with E-state index in [0.29, 0.717) is 25.6 Å². The van der Waals surface area contributed by atoms with E-state index in [1.165, 1.54) is 21.3 Å². The van der Waals surface area contributed by atoms with Gasteiger partial charge in [-0.1, -0.05) is 65.9 Å². The van der Waals surface area contributed by atoms with Gasteiger partial charge in [0.2, 0.25) is 5.91 Å². The van der Waals surface area contributed by atoms with Gasteiger partial charge in [-0.05, 0) is 42.8 Å². The summed E-state index contributed by atoms with van der Waals surface area (Å²) in [7, 11) is 1.76. The number of hydrogen-bond acceptors (Lipinski definition) is 5. The van der Waals surface area contributed by atoms with Crippen molar-refractivity contribution in [3.05, 3.63) is 86.1 Å². The summed E-state index contributed by atoms with van der Waals surface area (Å²) >= 11 is 12.4. The zero-order valence-corrected chi connectivity index (χ0v) is 20.8. The molecule has 0 unspecified atom stereocenters. The van der Waals surface area contributed by atoms with Gasteiger partial charge in [0.25, 0.3) is 11.5 Å². The number of amides is 2. The SMILES string of the molecule is Cc1c(NC(=O)CCN2C(=O)C(=Cc3ccc(Cl)cc3)SC2=S)c(=O)n(-c2ccccc2)n1C. The summed E-state index contributed by atoms with van der Waals surface area (Å²) < 4.78 is 3.58. The molecular weight excluding hydrogens is 492 g/mol. The van der Waals surface area contributed by atoms with E-state index in [0.717, 1.165) is 5.56 Å². The molecule has 0 saturated carbocycles. The second-order valence-electron chi connectivity index (χ2n) is 7.62. The van der Waals surface area contributed by atoms with Crippen molar-refractivity contribution in [3.63, 3.8) is 0 Å². The van der Waals surface area contributed by atoms with Crippen molar-refractivity contribution < 1.29 is 9.59 Å². The van der Waals surface area contributed by atoms with Gasteiger partial charge < -0.3 is 5.32 Å². The first kappa shape index (κ1) is 24.0. The first-order valence-electron chi connectivity index (χ1n) is 10.4. The number of carbonyl (C=O) groups excluding carboxylic acids is 2. The van der Waals surface area contributed by atoms with Crippen LogP contribution in [0.1, 0.15) is 17.7 Å². The third-order valence-corrected chi connectivity index (χ3v) is 7.05. The molecule has 2 amide bonds. The van der Waals surface area contributed by atoms with Crippen LogP contribution in [0.15, 0.2) is 64.3 Å². The molecule has 1 aromatic heterocycles. The van der Waals surface area contributed by atoms with E-state index in [1.807, 2.05) is 42.5 Å². The standard InChI is InChI=1S/C24H21ClN4O3S2/c1-15-21(23(32)29(27(15)2)18-6-4-3-5-7-18)26-20(30)12-13-28-22(31)19(34-24(28)33)14-16-8-10-17(25)11-9-16/h3-11,14H,12-13H2,1-2H3,(H,26,30). The van der Waals surface area contributed by atoms with Crippen LogP contribution in [-0.2, 0) is 16.6 Å². The van der Waals surface area contributed by atoms with E-state index in [-0.39, 0.29) is 36.0 Å². The minimum atomic E-state index is -0.373. The lowest BCUT2D eigenvalue weighted by Crippen LogP contribution is -2.32. The van der Waals surface area contributed by atoms with Crippen molar-refractivity contribution in [2.24, 2.45) is 7.05 Å². The van der Waals surface area contributed by atoms with Crippen LogP contribution >= 0.6 is 35.6 Å². The molecule has 0 atom stereocenters. The Morgan fingerprint density at radius 3 is 2.47 bits per heavy atom. The van der Waals surface area contributed by atoms with Crippen molar-refractivity contribution in [1.82, 2.24) is 14.3 Å². The molecule has 0 bridgehead atoms. The molecular formula is C24H21ClN4O3S2. The van der Waals surface area contributed by atoms with E-state index < -0.39 is 0 Å². The van der Waals surface area contributed by atoms with Crippen molar-refractivity contribution >= 4 is 63.5 Å². The van der Waals surface area contributed by atoms with Gasteiger partial charge >= 0.3 is 0 Å². The van der Waals surface area contributed by atoms with E-state index in [9.17, 15) is 14.4 Å². The van der Waals surface area contributed by atoms with E-state index in [4.69, 9.17) is 23.8 Å². The summed E-state index contributed by atoms with van der Waals surface area (Å²) in [5, 5.41) is 3.32. The highest BCUT2D eigenvalue weighted by molar-refractivity contribution is 8.26. The topological polar surface area (TPSA) is 76.3 Å². The van der Waals surface area contributed by atoms with E-state index in [1.54, 1.807) is 36.9 Å².